The van der Waals surface area contributed by atoms with Crippen molar-refractivity contribution < 1.29 is 5.11 Å². The van der Waals surface area contributed by atoms with Gasteiger partial charge in [-0.15, -0.1) is 11.3 Å². The quantitative estimate of drug-likeness (QED) is 0.800. The summed E-state index contributed by atoms with van der Waals surface area (Å²) in [5, 5.41) is 11.7. The standard InChI is InChI=1S/C15H17N3OS/c1-3-17(12-6-4-11(2)5-7-12)14-13(10-19)18-8-9-20-15(18)16-14/h4-9,19H,3,10H2,1-2H3. The van der Waals surface area contributed by atoms with Crippen molar-refractivity contribution in [2.45, 2.75) is 20.5 Å². The van der Waals surface area contributed by atoms with Gasteiger partial charge in [0, 0.05) is 23.8 Å². The van der Waals surface area contributed by atoms with E-state index in [0.717, 1.165) is 28.7 Å². The smallest absolute Gasteiger partial charge is 0.195 e. The largest absolute Gasteiger partial charge is 0.390 e. The average Bonchev–Trinajstić information content (AvgIpc) is 3.02. The Morgan fingerprint density at radius 3 is 2.70 bits per heavy atom. The third-order valence-electron chi connectivity index (χ3n) is 3.41. The number of thiazole rings is 1. The van der Waals surface area contributed by atoms with Gasteiger partial charge in [0.25, 0.3) is 0 Å². The molecular formula is C15H17N3OS. The molecule has 0 atom stereocenters. The Balaban J connectivity index is 2.10. The minimum Gasteiger partial charge on any atom is -0.390 e. The number of aromatic nitrogens is 2. The molecule has 0 aliphatic heterocycles. The third-order valence-corrected chi connectivity index (χ3v) is 4.16. The summed E-state index contributed by atoms with van der Waals surface area (Å²) in [5.74, 6) is 0.839. The van der Waals surface area contributed by atoms with Gasteiger partial charge in [0.05, 0.1) is 12.3 Å². The highest BCUT2D eigenvalue weighted by Gasteiger charge is 2.18. The van der Waals surface area contributed by atoms with Gasteiger partial charge in [-0.3, -0.25) is 4.40 Å². The average molecular weight is 287 g/mol. The summed E-state index contributed by atoms with van der Waals surface area (Å²) in [4.78, 5) is 7.70. The number of aliphatic hydroxyl groups excluding tert-OH is 1. The first-order valence-corrected chi connectivity index (χ1v) is 7.52. The number of aryl methyl sites for hydroxylation is 1. The lowest BCUT2D eigenvalue weighted by atomic mass is 10.2. The highest BCUT2D eigenvalue weighted by Crippen LogP contribution is 2.30. The second-order valence-corrected chi connectivity index (χ2v) is 5.55. The van der Waals surface area contributed by atoms with Gasteiger partial charge in [-0.05, 0) is 26.0 Å². The van der Waals surface area contributed by atoms with Crippen molar-refractivity contribution in [3.05, 3.63) is 47.1 Å². The molecule has 0 fully saturated rings. The Morgan fingerprint density at radius 2 is 2.05 bits per heavy atom. The van der Waals surface area contributed by atoms with Crippen LogP contribution in [0, 0.1) is 6.92 Å². The zero-order valence-electron chi connectivity index (χ0n) is 11.6. The number of aliphatic hydroxyl groups is 1. The van der Waals surface area contributed by atoms with E-state index in [-0.39, 0.29) is 6.61 Å². The third kappa shape index (κ3) is 2.09. The highest BCUT2D eigenvalue weighted by molar-refractivity contribution is 7.15. The molecule has 20 heavy (non-hydrogen) atoms. The van der Waals surface area contributed by atoms with Gasteiger partial charge in [-0.1, -0.05) is 17.7 Å². The van der Waals surface area contributed by atoms with Crippen LogP contribution in [-0.4, -0.2) is 21.0 Å². The van der Waals surface area contributed by atoms with Gasteiger partial charge in [0.1, 0.15) is 0 Å². The molecule has 0 bridgehead atoms. The molecule has 0 spiro atoms. The van der Waals surface area contributed by atoms with Crippen LogP contribution in [0.25, 0.3) is 4.96 Å². The van der Waals surface area contributed by atoms with Crippen LogP contribution in [0.1, 0.15) is 18.2 Å². The predicted octanol–water partition coefficient (Wildman–Crippen LogP) is 3.35. The minimum atomic E-state index is -0.0183. The summed E-state index contributed by atoms with van der Waals surface area (Å²) in [7, 11) is 0. The molecule has 104 valence electrons. The molecule has 0 aliphatic rings. The maximum atomic E-state index is 9.68. The zero-order chi connectivity index (χ0) is 14.1. The second kappa shape index (κ2) is 5.26. The van der Waals surface area contributed by atoms with E-state index in [9.17, 15) is 5.11 Å². The molecule has 5 heteroatoms. The molecule has 4 nitrogen and oxygen atoms in total. The molecule has 0 saturated heterocycles. The molecule has 1 N–H and O–H groups in total. The minimum absolute atomic E-state index is 0.0183. The molecule has 0 unspecified atom stereocenters. The van der Waals surface area contributed by atoms with E-state index in [0.29, 0.717) is 0 Å². The van der Waals surface area contributed by atoms with Gasteiger partial charge >= 0.3 is 0 Å². The molecule has 0 saturated carbocycles. The summed E-state index contributed by atoms with van der Waals surface area (Å²) in [6.07, 6.45) is 1.95. The predicted molar refractivity (Wildman–Crippen MR) is 82.9 cm³/mol. The Labute approximate surface area is 121 Å². The Bertz CT molecular complexity index is 714. The van der Waals surface area contributed by atoms with Gasteiger partial charge < -0.3 is 10.0 Å². The van der Waals surface area contributed by atoms with Crippen LogP contribution < -0.4 is 4.90 Å². The van der Waals surface area contributed by atoms with E-state index >= 15 is 0 Å². The SMILES string of the molecule is CCN(c1ccc(C)cc1)c1nc2sccn2c1CO. The summed E-state index contributed by atoms with van der Waals surface area (Å²) >= 11 is 1.58. The number of hydrogen-bond acceptors (Lipinski definition) is 4. The maximum Gasteiger partial charge on any atom is 0.195 e. The van der Waals surface area contributed by atoms with E-state index in [1.807, 2.05) is 16.0 Å². The lowest BCUT2D eigenvalue weighted by Gasteiger charge is -2.22. The summed E-state index contributed by atoms with van der Waals surface area (Å²) < 4.78 is 1.96. The van der Waals surface area contributed by atoms with Crippen molar-refractivity contribution in [3.63, 3.8) is 0 Å². The van der Waals surface area contributed by atoms with Gasteiger partial charge in [-0.25, -0.2) is 4.98 Å². The van der Waals surface area contributed by atoms with Crippen LogP contribution in [-0.2, 0) is 6.61 Å². The van der Waals surface area contributed by atoms with Crippen molar-refractivity contribution >= 4 is 27.8 Å². The molecule has 2 heterocycles. The fraction of sp³-hybridized carbons (Fsp3) is 0.267. The molecule has 0 radical (unpaired) electrons. The summed E-state index contributed by atoms with van der Waals surface area (Å²) in [5.41, 5.74) is 3.17. The molecule has 3 aromatic rings. The fourth-order valence-electron chi connectivity index (χ4n) is 2.36. The first-order valence-electron chi connectivity index (χ1n) is 6.64. The molecular weight excluding hydrogens is 270 g/mol. The number of nitrogens with zero attached hydrogens (tertiary/aromatic N) is 3. The second-order valence-electron chi connectivity index (χ2n) is 4.68. The van der Waals surface area contributed by atoms with Crippen LogP contribution in [0.15, 0.2) is 35.8 Å². The topological polar surface area (TPSA) is 40.8 Å². The number of fused-ring (bicyclic) bond motifs is 1. The highest BCUT2D eigenvalue weighted by atomic mass is 32.1. The molecule has 3 rings (SSSR count). The Hall–Kier alpha value is -1.85. The van der Waals surface area contributed by atoms with Crippen molar-refractivity contribution in [2.75, 3.05) is 11.4 Å². The summed E-state index contributed by atoms with van der Waals surface area (Å²) in [6.45, 7) is 4.96. The number of benzene rings is 1. The number of hydrogen-bond donors (Lipinski definition) is 1. The molecule has 2 aromatic heterocycles. The van der Waals surface area contributed by atoms with Crippen LogP contribution in [0.3, 0.4) is 0 Å². The van der Waals surface area contributed by atoms with Crippen molar-refractivity contribution in [3.8, 4) is 0 Å². The zero-order valence-corrected chi connectivity index (χ0v) is 12.4. The fourth-order valence-corrected chi connectivity index (χ4v) is 3.09. The van der Waals surface area contributed by atoms with Crippen LogP contribution in [0.4, 0.5) is 11.5 Å². The molecule has 1 aromatic carbocycles. The van der Waals surface area contributed by atoms with E-state index in [1.54, 1.807) is 11.3 Å². The van der Waals surface area contributed by atoms with Gasteiger partial charge in [0.15, 0.2) is 10.8 Å². The number of rotatable bonds is 4. The first kappa shape index (κ1) is 13.1. The van der Waals surface area contributed by atoms with Crippen LogP contribution in [0.5, 0.6) is 0 Å². The number of imidazole rings is 1. The van der Waals surface area contributed by atoms with E-state index in [4.69, 9.17) is 0 Å². The van der Waals surface area contributed by atoms with Gasteiger partial charge in [0.2, 0.25) is 0 Å². The molecule has 0 amide bonds. The van der Waals surface area contributed by atoms with E-state index < -0.39 is 0 Å². The maximum absolute atomic E-state index is 9.68. The van der Waals surface area contributed by atoms with Crippen molar-refractivity contribution in [1.29, 1.82) is 0 Å². The van der Waals surface area contributed by atoms with E-state index in [1.165, 1.54) is 5.56 Å². The normalized spacial score (nSPS) is 11.2. The van der Waals surface area contributed by atoms with Crippen molar-refractivity contribution in [2.24, 2.45) is 0 Å². The van der Waals surface area contributed by atoms with Gasteiger partial charge in [-0.2, -0.15) is 0 Å². The van der Waals surface area contributed by atoms with Crippen molar-refractivity contribution in [1.82, 2.24) is 9.38 Å². The first-order chi connectivity index (χ1) is 9.74. The van der Waals surface area contributed by atoms with E-state index in [2.05, 4.69) is 48.0 Å². The van der Waals surface area contributed by atoms with Crippen LogP contribution >= 0.6 is 11.3 Å². The number of anilines is 2. The Kier molecular flexibility index (Phi) is 3.46. The monoisotopic (exact) mass is 287 g/mol. The lowest BCUT2D eigenvalue weighted by molar-refractivity contribution is 0.276. The Morgan fingerprint density at radius 1 is 1.30 bits per heavy atom. The van der Waals surface area contributed by atoms with Crippen LogP contribution in [0.2, 0.25) is 0 Å². The lowest BCUT2D eigenvalue weighted by Crippen LogP contribution is -2.18. The summed E-state index contributed by atoms with van der Waals surface area (Å²) in [6, 6.07) is 8.37. The molecule has 0 aliphatic carbocycles.